The number of hydrogen-bond donors (Lipinski definition) is 3. The first-order chi connectivity index (χ1) is 18.9. The second-order valence-corrected chi connectivity index (χ2v) is 12.0. The monoisotopic (exact) mass is 548 g/mol. The van der Waals surface area contributed by atoms with Crippen LogP contribution in [0.1, 0.15) is 24.8 Å². The van der Waals surface area contributed by atoms with E-state index in [4.69, 9.17) is 4.74 Å². The highest BCUT2D eigenvalue weighted by atomic mass is 32.2. The Kier molecular flexibility index (Phi) is 6.78. The molecule has 0 radical (unpaired) electrons. The van der Waals surface area contributed by atoms with Crippen LogP contribution in [0.2, 0.25) is 0 Å². The fourth-order valence-corrected chi connectivity index (χ4v) is 6.25. The Labute approximate surface area is 226 Å². The van der Waals surface area contributed by atoms with Crippen molar-refractivity contribution in [1.29, 1.82) is 0 Å². The molecule has 202 valence electrons. The Morgan fingerprint density at radius 2 is 1.85 bits per heavy atom. The number of anilines is 2. The van der Waals surface area contributed by atoms with Gasteiger partial charge in [0, 0.05) is 48.7 Å². The number of pyridine rings is 1. The maximum absolute atomic E-state index is 13.8. The fourth-order valence-electron chi connectivity index (χ4n) is 4.85. The van der Waals surface area contributed by atoms with Crippen LogP contribution >= 0.6 is 0 Å². The number of alkyl halides is 1. The van der Waals surface area contributed by atoms with E-state index in [0.29, 0.717) is 66.9 Å². The summed E-state index contributed by atoms with van der Waals surface area (Å²) in [6.07, 6.45) is 4.14. The number of fused-ring (bicyclic) bond motifs is 1. The summed E-state index contributed by atoms with van der Waals surface area (Å²) in [4.78, 5) is 13.5. The molecule has 1 saturated carbocycles. The predicted octanol–water partition coefficient (Wildman–Crippen LogP) is 4.81. The van der Waals surface area contributed by atoms with E-state index < -0.39 is 16.2 Å². The Morgan fingerprint density at radius 3 is 2.64 bits per heavy atom. The van der Waals surface area contributed by atoms with Gasteiger partial charge in [0.1, 0.15) is 11.9 Å². The fraction of sp³-hybridized carbons (Fsp3) is 0.321. The third-order valence-electron chi connectivity index (χ3n) is 6.93. The van der Waals surface area contributed by atoms with Crippen molar-refractivity contribution in [2.24, 2.45) is 0 Å². The standard InChI is InChI=1S/C28H29FN6O3S/c1-17-13-25(35-39(36,37)20-8-9-20)21-5-2-3-6-22(21)26(17)38-27-23(7-4-11-31-27)24-10-12-32-28(34-24)33-19-14-18(29)15-30-16-19/h2-7,10-13,18-20,30,35H,8-9,14-16H2,1H3,(H,32,33,34)/t18-,19-/m0/s1. The van der Waals surface area contributed by atoms with Crippen LogP contribution in [-0.2, 0) is 10.0 Å². The van der Waals surface area contributed by atoms with Crippen molar-refractivity contribution >= 4 is 32.4 Å². The largest absolute Gasteiger partial charge is 0.437 e. The van der Waals surface area contributed by atoms with Gasteiger partial charge in [-0.2, -0.15) is 0 Å². The Hall–Kier alpha value is -3.83. The van der Waals surface area contributed by atoms with E-state index in [-0.39, 0.29) is 11.3 Å². The molecular formula is C28H29FN6O3S. The number of nitrogens with zero attached hydrogens (tertiary/aromatic N) is 3. The lowest BCUT2D eigenvalue weighted by Gasteiger charge is -2.26. The van der Waals surface area contributed by atoms with Gasteiger partial charge in [-0.15, -0.1) is 0 Å². The van der Waals surface area contributed by atoms with Crippen LogP contribution in [0.15, 0.2) is 60.9 Å². The maximum Gasteiger partial charge on any atom is 0.235 e. The molecule has 3 N–H and O–H groups in total. The minimum absolute atomic E-state index is 0.113. The molecule has 6 rings (SSSR count). The topological polar surface area (TPSA) is 118 Å². The number of ether oxygens (including phenoxy) is 1. The van der Waals surface area contributed by atoms with Crippen LogP contribution in [-0.4, -0.2) is 53.9 Å². The molecule has 1 aliphatic heterocycles. The average molecular weight is 549 g/mol. The summed E-state index contributed by atoms with van der Waals surface area (Å²) < 4.78 is 48.4. The molecule has 1 saturated heterocycles. The van der Waals surface area contributed by atoms with E-state index >= 15 is 0 Å². The quantitative estimate of drug-likeness (QED) is 0.287. The van der Waals surface area contributed by atoms with E-state index in [1.165, 1.54) is 0 Å². The Morgan fingerprint density at radius 1 is 1.03 bits per heavy atom. The predicted molar refractivity (Wildman–Crippen MR) is 149 cm³/mol. The first kappa shape index (κ1) is 25.4. The number of hydrogen-bond acceptors (Lipinski definition) is 8. The van der Waals surface area contributed by atoms with Gasteiger partial charge >= 0.3 is 0 Å². The number of benzene rings is 2. The first-order valence-corrected chi connectivity index (χ1v) is 14.5. The molecule has 0 spiro atoms. The van der Waals surface area contributed by atoms with Crippen molar-refractivity contribution in [1.82, 2.24) is 20.3 Å². The molecule has 0 amide bonds. The number of piperidine rings is 1. The molecule has 2 aromatic heterocycles. The zero-order chi connectivity index (χ0) is 27.0. The van der Waals surface area contributed by atoms with E-state index in [9.17, 15) is 12.8 Å². The van der Waals surface area contributed by atoms with E-state index in [1.807, 2.05) is 37.3 Å². The molecule has 39 heavy (non-hydrogen) atoms. The zero-order valence-electron chi connectivity index (χ0n) is 21.4. The van der Waals surface area contributed by atoms with Crippen molar-refractivity contribution in [2.45, 2.75) is 43.6 Å². The third-order valence-corrected chi connectivity index (χ3v) is 8.78. The lowest BCUT2D eigenvalue weighted by atomic mass is 10.0. The molecule has 2 atom stereocenters. The molecule has 0 unspecified atom stereocenters. The minimum Gasteiger partial charge on any atom is -0.437 e. The second kappa shape index (κ2) is 10.4. The third kappa shape index (κ3) is 5.50. The average Bonchev–Trinajstić information content (AvgIpc) is 3.78. The normalized spacial score (nSPS) is 19.5. The molecule has 0 bridgehead atoms. The van der Waals surface area contributed by atoms with Crippen LogP contribution < -0.4 is 20.1 Å². The second-order valence-electron chi connectivity index (χ2n) is 10.0. The number of aryl methyl sites for hydroxylation is 1. The molecule has 3 heterocycles. The van der Waals surface area contributed by atoms with Crippen LogP contribution in [0.5, 0.6) is 11.6 Å². The molecule has 11 heteroatoms. The molecule has 9 nitrogen and oxygen atoms in total. The van der Waals surface area contributed by atoms with E-state index in [2.05, 4.69) is 30.3 Å². The molecule has 2 aromatic carbocycles. The van der Waals surface area contributed by atoms with Crippen molar-refractivity contribution in [3.8, 4) is 22.9 Å². The highest BCUT2D eigenvalue weighted by Gasteiger charge is 2.36. The van der Waals surface area contributed by atoms with E-state index in [0.717, 1.165) is 16.3 Å². The van der Waals surface area contributed by atoms with Crippen LogP contribution in [0.25, 0.3) is 22.0 Å². The summed E-state index contributed by atoms with van der Waals surface area (Å²) in [5.41, 5.74) is 2.55. The lowest BCUT2D eigenvalue weighted by Crippen LogP contribution is -2.44. The zero-order valence-corrected chi connectivity index (χ0v) is 22.2. The van der Waals surface area contributed by atoms with Crippen LogP contribution in [0.3, 0.4) is 0 Å². The van der Waals surface area contributed by atoms with E-state index in [1.54, 1.807) is 30.6 Å². The Bertz CT molecular complexity index is 1630. The van der Waals surface area contributed by atoms with Gasteiger partial charge in [-0.1, -0.05) is 24.3 Å². The summed E-state index contributed by atoms with van der Waals surface area (Å²) in [7, 11) is -3.43. The molecule has 1 aliphatic carbocycles. The molecular weight excluding hydrogens is 519 g/mol. The van der Waals surface area contributed by atoms with Crippen LogP contribution in [0, 0.1) is 6.92 Å². The highest BCUT2D eigenvalue weighted by Crippen LogP contribution is 2.40. The van der Waals surface area contributed by atoms with Gasteiger partial charge < -0.3 is 15.4 Å². The SMILES string of the molecule is Cc1cc(NS(=O)(=O)C2CC2)c2ccccc2c1Oc1ncccc1-c1ccnc(N[C@@H]2CNC[C@@H](F)C2)n1. The van der Waals surface area contributed by atoms with Gasteiger partial charge in [-0.05, 0) is 49.6 Å². The number of halogens is 1. The summed E-state index contributed by atoms with van der Waals surface area (Å²) in [6.45, 7) is 2.87. The van der Waals surface area contributed by atoms with Crippen molar-refractivity contribution < 1.29 is 17.5 Å². The number of aromatic nitrogens is 3. The van der Waals surface area contributed by atoms with Crippen molar-refractivity contribution in [3.05, 3.63) is 66.5 Å². The number of nitrogens with one attached hydrogen (secondary N) is 3. The lowest BCUT2D eigenvalue weighted by molar-refractivity contribution is 0.254. The summed E-state index contributed by atoms with van der Waals surface area (Å²) in [6, 6.07) is 14.6. The van der Waals surface area contributed by atoms with Gasteiger partial charge in [0.2, 0.25) is 21.9 Å². The van der Waals surface area contributed by atoms with Gasteiger partial charge in [0.15, 0.2) is 0 Å². The van der Waals surface area contributed by atoms with Gasteiger partial charge in [0.25, 0.3) is 0 Å². The summed E-state index contributed by atoms with van der Waals surface area (Å²) in [5, 5.41) is 7.46. The summed E-state index contributed by atoms with van der Waals surface area (Å²) in [5.74, 6) is 1.33. The maximum atomic E-state index is 13.8. The molecule has 2 aliphatic rings. The van der Waals surface area contributed by atoms with Crippen molar-refractivity contribution in [2.75, 3.05) is 23.1 Å². The highest BCUT2D eigenvalue weighted by molar-refractivity contribution is 7.93. The minimum atomic E-state index is -3.43. The first-order valence-electron chi connectivity index (χ1n) is 13.0. The molecule has 2 fully saturated rings. The Balaban J connectivity index is 1.33. The smallest absolute Gasteiger partial charge is 0.235 e. The van der Waals surface area contributed by atoms with Gasteiger partial charge in [0.05, 0.1) is 22.2 Å². The van der Waals surface area contributed by atoms with Gasteiger partial charge in [-0.3, -0.25) is 4.72 Å². The van der Waals surface area contributed by atoms with Gasteiger partial charge in [-0.25, -0.2) is 27.8 Å². The molecule has 4 aromatic rings. The number of sulfonamides is 1. The van der Waals surface area contributed by atoms with Crippen LogP contribution in [0.4, 0.5) is 16.0 Å². The number of rotatable bonds is 8. The van der Waals surface area contributed by atoms with Crippen molar-refractivity contribution in [3.63, 3.8) is 0 Å². The summed E-state index contributed by atoms with van der Waals surface area (Å²) >= 11 is 0.